The van der Waals surface area contributed by atoms with Crippen LogP contribution in [0.5, 0.6) is 0 Å². The van der Waals surface area contributed by atoms with Gasteiger partial charge in [-0.15, -0.1) is 0 Å². The highest BCUT2D eigenvalue weighted by Gasteiger charge is 2.72. The van der Waals surface area contributed by atoms with E-state index in [1.807, 2.05) is 0 Å². The molecule has 0 saturated heterocycles. The zero-order valence-corrected chi connectivity index (χ0v) is 12.1. The zero-order valence-electron chi connectivity index (χ0n) is 11.3. The predicted octanol–water partition coefficient (Wildman–Crippen LogP) is 1.84. The molecule has 0 heterocycles. The van der Waals surface area contributed by atoms with Crippen molar-refractivity contribution in [3.05, 3.63) is 0 Å². The molecule has 0 amide bonds. The SMILES string of the molecule is CN(O)CCCNS(=O)(=O)CCC(F)(C(F)(F)F)C(F)(F)F. The lowest BCUT2D eigenvalue weighted by molar-refractivity contribution is -0.341. The van der Waals surface area contributed by atoms with E-state index in [1.54, 1.807) is 4.72 Å². The van der Waals surface area contributed by atoms with Crippen molar-refractivity contribution >= 4 is 10.0 Å². The summed E-state index contributed by atoms with van der Waals surface area (Å²) in [6.07, 6.45) is -14.8. The summed E-state index contributed by atoms with van der Waals surface area (Å²) in [6, 6.07) is 0. The Labute approximate surface area is 122 Å². The Balaban J connectivity index is 4.73. The van der Waals surface area contributed by atoms with Crippen molar-refractivity contribution in [3.63, 3.8) is 0 Å². The minimum Gasteiger partial charge on any atom is -0.314 e. The molecule has 0 aromatic carbocycles. The number of alkyl halides is 7. The van der Waals surface area contributed by atoms with Crippen molar-refractivity contribution < 1.29 is 44.4 Å². The van der Waals surface area contributed by atoms with Crippen LogP contribution >= 0.6 is 0 Å². The second kappa shape index (κ2) is 7.27. The minimum absolute atomic E-state index is 0.0146. The topological polar surface area (TPSA) is 69.6 Å². The number of rotatable bonds is 8. The van der Waals surface area contributed by atoms with E-state index in [2.05, 4.69) is 0 Å². The molecular formula is C9H15F7N2O3S. The molecule has 0 saturated carbocycles. The molecule has 0 aromatic heterocycles. The zero-order chi connectivity index (χ0) is 17.8. The fraction of sp³-hybridized carbons (Fsp3) is 1.00. The van der Waals surface area contributed by atoms with Crippen LogP contribution in [0.3, 0.4) is 0 Å². The Bertz CT molecular complexity index is 433. The molecule has 2 N–H and O–H groups in total. The maximum absolute atomic E-state index is 13.2. The summed E-state index contributed by atoms with van der Waals surface area (Å²) in [6.45, 7) is -0.314. The van der Waals surface area contributed by atoms with Gasteiger partial charge in [-0.1, -0.05) is 0 Å². The molecular weight excluding hydrogens is 349 g/mol. The summed E-state index contributed by atoms with van der Waals surface area (Å²) in [7, 11) is -3.27. The van der Waals surface area contributed by atoms with E-state index in [9.17, 15) is 39.2 Å². The predicted molar refractivity (Wildman–Crippen MR) is 61.4 cm³/mol. The highest BCUT2D eigenvalue weighted by Crippen LogP contribution is 2.48. The molecule has 0 fully saturated rings. The van der Waals surface area contributed by atoms with E-state index < -0.39 is 40.2 Å². The molecule has 0 rings (SSSR count). The fourth-order valence-corrected chi connectivity index (χ4v) is 2.48. The van der Waals surface area contributed by atoms with Crippen LogP contribution in [-0.4, -0.2) is 62.6 Å². The summed E-state index contributed by atoms with van der Waals surface area (Å²) in [5.74, 6) is -1.68. The molecule has 0 spiro atoms. The second-order valence-electron chi connectivity index (χ2n) is 4.49. The van der Waals surface area contributed by atoms with Gasteiger partial charge in [-0.05, 0) is 6.42 Å². The number of nitrogens with zero attached hydrogens (tertiary/aromatic N) is 1. The maximum Gasteiger partial charge on any atom is 0.431 e. The van der Waals surface area contributed by atoms with E-state index in [0.29, 0.717) is 5.06 Å². The van der Waals surface area contributed by atoms with Crippen LogP contribution in [-0.2, 0) is 10.0 Å². The Morgan fingerprint density at radius 1 is 1.05 bits per heavy atom. The highest BCUT2D eigenvalue weighted by atomic mass is 32.2. The van der Waals surface area contributed by atoms with Crippen LogP contribution < -0.4 is 4.72 Å². The number of hydrogen-bond donors (Lipinski definition) is 2. The van der Waals surface area contributed by atoms with Crippen molar-refractivity contribution in [1.29, 1.82) is 0 Å². The number of halogens is 7. The van der Waals surface area contributed by atoms with Crippen LogP contribution in [0.25, 0.3) is 0 Å². The number of hydrogen-bond acceptors (Lipinski definition) is 4. The van der Waals surface area contributed by atoms with Crippen LogP contribution in [0.1, 0.15) is 12.8 Å². The van der Waals surface area contributed by atoms with E-state index in [4.69, 9.17) is 5.21 Å². The first-order valence-corrected chi connectivity index (χ1v) is 7.47. The summed E-state index contributed by atoms with van der Waals surface area (Å²) < 4.78 is 111. The first-order valence-electron chi connectivity index (χ1n) is 5.82. The molecule has 0 aromatic rings. The summed E-state index contributed by atoms with van der Waals surface area (Å²) in [5.41, 5.74) is -5.60. The van der Waals surface area contributed by atoms with Gasteiger partial charge in [0, 0.05) is 26.6 Å². The summed E-state index contributed by atoms with van der Waals surface area (Å²) >= 11 is 0. The van der Waals surface area contributed by atoms with Crippen molar-refractivity contribution in [2.45, 2.75) is 30.9 Å². The van der Waals surface area contributed by atoms with Gasteiger partial charge in [0.05, 0.1) is 5.75 Å². The fourth-order valence-electron chi connectivity index (χ4n) is 1.33. The Morgan fingerprint density at radius 3 is 1.86 bits per heavy atom. The molecule has 0 bridgehead atoms. The van der Waals surface area contributed by atoms with Gasteiger partial charge in [-0.25, -0.2) is 17.5 Å². The van der Waals surface area contributed by atoms with Crippen molar-refractivity contribution in [2.75, 3.05) is 25.9 Å². The third-order valence-corrected chi connectivity index (χ3v) is 3.98. The lowest BCUT2D eigenvalue weighted by Gasteiger charge is -2.29. The average Bonchev–Trinajstić information content (AvgIpc) is 2.28. The molecule has 0 atom stereocenters. The van der Waals surface area contributed by atoms with Crippen molar-refractivity contribution in [2.24, 2.45) is 0 Å². The molecule has 5 nitrogen and oxygen atoms in total. The largest absolute Gasteiger partial charge is 0.431 e. The maximum atomic E-state index is 13.2. The number of hydroxylamine groups is 2. The molecule has 22 heavy (non-hydrogen) atoms. The summed E-state index contributed by atoms with van der Waals surface area (Å²) in [5, 5.41) is 9.43. The van der Waals surface area contributed by atoms with Crippen LogP contribution in [0.15, 0.2) is 0 Å². The standard InChI is InChI=1S/C9H15F7N2O3S/c1-18(19)5-2-4-17-22(20,21)6-3-7(10,8(11,12)13)9(14,15)16/h17,19H,2-6H2,1H3. The lowest BCUT2D eigenvalue weighted by Crippen LogP contribution is -2.54. The molecule has 0 aliphatic heterocycles. The Morgan fingerprint density at radius 2 is 1.50 bits per heavy atom. The lowest BCUT2D eigenvalue weighted by atomic mass is 10.0. The molecule has 0 radical (unpaired) electrons. The average molecular weight is 364 g/mol. The monoisotopic (exact) mass is 364 g/mol. The van der Waals surface area contributed by atoms with Gasteiger partial charge < -0.3 is 5.21 Å². The van der Waals surface area contributed by atoms with E-state index in [0.717, 1.165) is 0 Å². The minimum atomic E-state index is -6.28. The van der Waals surface area contributed by atoms with Gasteiger partial charge in [0.25, 0.3) is 5.67 Å². The first-order chi connectivity index (χ1) is 9.62. The van der Waals surface area contributed by atoms with E-state index in [-0.39, 0.29) is 19.5 Å². The van der Waals surface area contributed by atoms with Gasteiger partial charge in [-0.3, -0.25) is 0 Å². The van der Waals surface area contributed by atoms with Crippen molar-refractivity contribution in [3.8, 4) is 0 Å². The van der Waals surface area contributed by atoms with Gasteiger partial charge in [-0.2, -0.15) is 31.4 Å². The normalized spacial score (nSPS) is 14.6. The highest BCUT2D eigenvalue weighted by molar-refractivity contribution is 7.89. The third-order valence-electron chi connectivity index (χ3n) is 2.59. The molecule has 13 heteroatoms. The third kappa shape index (κ3) is 6.22. The Kier molecular flexibility index (Phi) is 7.06. The van der Waals surface area contributed by atoms with E-state index >= 15 is 0 Å². The van der Waals surface area contributed by atoms with E-state index in [1.165, 1.54) is 7.05 Å². The summed E-state index contributed by atoms with van der Waals surface area (Å²) in [4.78, 5) is 0. The first kappa shape index (κ1) is 21.3. The molecule has 0 aliphatic carbocycles. The van der Waals surface area contributed by atoms with Crippen LogP contribution in [0.2, 0.25) is 0 Å². The van der Waals surface area contributed by atoms with Gasteiger partial charge >= 0.3 is 12.4 Å². The van der Waals surface area contributed by atoms with Crippen LogP contribution in [0.4, 0.5) is 30.7 Å². The smallest absolute Gasteiger partial charge is 0.314 e. The molecule has 134 valence electrons. The molecule has 0 aliphatic rings. The molecule has 0 unspecified atom stereocenters. The van der Waals surface area contributed by atoms with Gasteiger partial charge in [0.2, 0.25) is 10.0 Å². The van der Waals surface area contributed by atoms with Gasteiger partial charge in [0.15, 0.2) is 0 Å². The van der Waals surface area contributed by atoms with Gasteiger partial charge in [0.1, 0.15) is 0 Å². The number of sulfonamides is 1. The Hall–Kier alpha value is -0.660. The quantitative estimate of drug-likeness (QED) is 0.392. The van der Waals surface area contributed by atoms with Crippen molar-refractivity contribution in [1.82, 2.24) is 9.79 Å². The second-order valence-corrected chi connectivity index (χ2v) is 6.42. The number of nitrogens with one attached hydrogen (secondary N) is 1. The van der Waals surface area contributed by atoms with Crippen LogP contribution in [0, 0.1) is 0 Å².